The van der Waals surface area contributed by atoms with E-state index in [1.807, 2.05) is 6.92 Å². The summed E-state index contributed by atoms with van der Waals surface area (Å²) in [6, 6.07) is -0.0745. The highest BCUT2D eigenvalue weighted by molar-refractivity contribution is 5.75. The van der Waals surface area contributed by atoms with E-state index in [2.05, 4.69) is 12.2 Å². The van der Waals surface area contributed by atoms with E-state index in [-0.39, 0.29) is 18.1 Å². The fourth-order valence-corrected chi connectivity index (χ4v) is 3.04. The molecule has 0 radical (unpaired) electrons. The average Bonchev–Trinajstić information content (AvgIpc) is 2.77. The number of ether oxygens (including phenoxy) is 1. The number of carbonyl (C=O) groups is 2. The second kappa shape index (κ2) is 5.60. The summed E-state index contributed by atoms with van der Waals surface area (Å²) < 4.78 is 5.28. The highest BCUT2D eigenvalue weighted by Crippen LogP contribution is 2.36. The molecule has 20 heavy (non-hydrogen) atoms. The van der Waals surface area contributed by atoms with Gasteiger partial charge in [0.25, 0.3) is 0 Å². The van der Waals surface area contributed by atoms with Gasteiger partial charge in [-0.15, -0.1) is 0 Å². The van der Waals surface area contributed by atoms with E-state index in [1.54, 1.807) is 4.90 Å². The molecule has 1 aliphatic heterocycles. The van der Waals surface area contributed by atoms with Crippen LogP contribution in [0.5, 0.6) is 0 Å². The Morgan fingerprint density at radius 3 is 2.40 bits per heavy atom. The molecule has 0 spiro atoms. The Hall–Kier alpha value is -1.30. The van der Waals surface area contributed by atoms with Gasteiger partial charge in [-0.05, 0) is 25.2 Å². The standard InChI is InChI=1S/C14H24N2O4/c1-13(5-3-4-6-13)8-15-12(19)16-9-14(2,10-16)20-7-11(17)18/h3-10H2,1-2H3,(H,15,19)(H,17,18). The Labute approximate surface area is 119 Å². The SMILES string of the molecule is CC1(CNC(=O)N2CC(C)(OCC(=O)O)C2)CCCC1. The van der Waals surface area contributed by atoms with Crippen molar-refractivity contribution in [3.63, 3.8) is 0 Å². The monoisotopic (exact) mass is 284 g/mol. The molecule has 114 valence electrons. The second-order valence-electron chi connectivity index (χ2n) is 6.66. The van der Waals surface area contributed by atoms with Crippen molar-refractivity contribution in [2.45, 2.75) is 45.1 Å². The molecule has 0 aromatic carbocycles. The molecule has 0 atom stereocenters. The third-order valence-corrected chi connectivity index (χ3v) is 4.36. The van der Waals surface area contributed by atoms with Gasteiger partial charge in [0.2, 0.25) is 0 Å². The number of carbonyl (C=O) groups excluding carboxylic acids is 1. The highest BCUT2D eigenvalue weighted by atomic mass is 16.5. The molecule has 1 aliphatic carbocycles. The molecule has 1 saturated carbocycles. The van der Waals surface area contributed by atoms with Crippen LogP contribution >= 0.6 is 0 Å². The Morgan fingerprint density at radius 1 is 1.25 bits per heavy atom. The zero-order valence-electron chi connectivity index (χ0n) is 12.3. The quantitative estimate of drug-likeness (QED) is 0.801. The first-order valence-electron chi connectivity index (χ1n) is 7.21. The van der Waals surface area contributed by atoms with Crippen LogP contribution in [0.1, 0.15) is 39.5 Å². The van der Waals surface area contributed by atoms with Crippen molar-refractivity contribution in [2.24, 2.45) is 5.41 Å². The molecule has 6 heteroatoms. The minimum Gasteiger partial charge on any atom is -0.480 e. The molecule has 0 aromatic heterocycles. The Morgan fingerprint density at radius 2 is 1.85 bits per heavy atom. The number of amides is 2. The summed E-state index contributed by atoms with van der Waals surface area (Å²) >= 11 is 0. The van der Waals surface area contributed by atoms with Gasteiger partial charge < -0.3 is 20.1 Å². The number of rotatable bonds is 5. The molecule has 0 aromatic rings. The fourth-order valence-electron chi connectivity index (χ4n) is 3.04. The number of nitrogens with zero attached hydrogens (tertiary/aromatic N) is 1. The van der Waals surface area contributed by atoms with E-state index in [4.69, 9.17) is 9.84 Å². The highest BCUT2D eigenvalue weighted by Gasteiger charge is 2.43. The topological polar surface area (TPSA) is 78.9 Å². The molecule has 2 amide bonds. The Kier molecular flexibility index (Phi) is 4.22. The maximum atomic E-state index is 12.0. The summed E-state index contributed by atoms with van der Waals surface area (Å²) in [6.45, 7) is 5.35. The number of carboxylic acids is 1. The second-order valence-corrected chi connectivity index (χ2v) is 6.66. The summed E-state index contributed by atoms with van der Waals surface area (Å²) in [6.07, 6.45) is 4.84. The van der Waals surface area contributed by atoms with Crippen molar-refractivity contribution >= 4 is 12.0 Å². The van der Waals surface area contributed by atoms with E-state index < -0.39 is 11.6 Å². The van der Waals surface area contributed by atoms with Crippen LogP contribution in [0, 0.1) is 5.41 Å². The first-order chi connectivity index (χ1) is 9.32. The number of carboxylic acid groups (broad SMARTS) is 1. The van der Waals surface area contributed by atoms with Crippen LogP contribution < -0.4 is 5.32 Å². The number of hydrogen-bond acceptors (Lipinski definition) is 3. The van der Waals surface area contributed by atoms with Gasteiger partial charge in [-0.1, -0.05) is 19.8 Å². The van der Waals surface area contributed by atoms with E-state index in [1.165, 1.54) is 25.7 Å². The summed E-state index contributed by atoms with van der Waals surface area (Å²) in [5, 5.41) is 11.6. The van der Waals surface area contributed by atoms with Crippen molar-refractivity contribution in [3.05, 3.63) is 0 Å². The van der Waals surface area contributed by atoms with Gasteiger partial charge in [0, 0.05) is 6.54 Å². The average molecular weight is 284 g/mol. The number of hydrogen-bond donors (Lipinski definition) is 2. The van der Waals surface area contributed by atoms with Gasteiger partial charge in [-0.25, -0.2) is 9.59 Å². The van der Waals surface area contributed by atoms with Gasteiger partial charge in [-0.3, -0.25) is 0 Å². The minimum absolute atomic E-state index is 0.0745. The molecule has 2 aliphatic rings. The first kappa shape index (κ1) is 15.1. The van der Waals surface area contributed by atoms with Crippen LogP contribution in [-0.4, -0.2) is 53.8 Å². The molecule has 2 rings (SSSR count). The number of nitrogens with one attached hydrogen (secondary N) is 1. The number of likely N-dealkylation sites (tertiary alicyclic amines) is 1. The lowest BCUT2D eigenvalue weighted by atomic mass is 9.89. The lowest BCUT2D eigenvalue weighted by molar-refractivity contribution is -0.159. The lowest BCUT2D eigenvalue weighted by Gasteiger charge is -2.47. The van der Waals surface area contributed by atoms with Gasteiger partial charge in [0.05, 0.1) is 13.1 Å². The predicted molar refractivity (Wildman–Crippen MR) is 73.5 cm³/mol. The van der Waals surface area contributed by atoms with Crippen molar-refractivity contribution in [1.29, 1.82) is 0 Å². The van der Waals surface area contributed by atoms with Crippen LogP contribution in [0.25, 0.3) is 0 Å². The molecule has 6 nitrogen and oxygen atoms in total. The normalized spacial score (nSPS) is 23.2. The summed E-state index contributed by atoms with van der Waals surface area (Å²) in [5.41, 5.74) is -0.281. The van der Waals surface area contributed by atoms with Gasteiger partial charge in [-0.2, -0.15) is 0 Å². The maximum Gasteiger partial charge on any atom is 0.329 e. The molecule has 1 saturated heterocycles. The van der Waals surface area contributed by atoms with Crippen molar-refractivity contribution in [3.8, 4) is 0 Å². The van der Waals surface area contributed by atoms with Crippen molar-refractivity contribution in [2.75, 3.05) is 26.2 Å². The smallest absolute Gasteiger partial charge is 0.329 e. The molecule has 2 N–H and O–H groups in total. The molecular weight excluding hydrogens is 260 g/mol. The lowest BCUT2D eigenvalue weighted by Crippen LogP contribution is -2.65. The van der Waals surface area contributed by atoms with Crippen molar-refractivity contribution < 1.29 is 19.4 Å². The van der Waals surface area contributed by atoms with Crippen LogP contribution in [0.4, 0.5) is 4.79 Å². The Bertz CT molecular complexity index is 385. The Balaban J connectivity index is 1.69. The molecule has 1 heterocycles. The van der Waals surface area contributed by atoms with E-state index in [0.717, 1.165) is 6.54 Å². The maximum absolute atomic E-state index is 12.0. The van der Waals surface area contributed by atoms with Crippen LogP contribution in [0.15, 0.2) is 0 Å². The van der Waals surface area contributed by atoms with Crippen LogP contribution in [0.2, 0.25) is 0 Å². The summed E-state index contributed by atoms with van der Waals surface area (Å²) in [4.78, 5) is 24.1. The predicted octanol–water partition coefficient (Wildman–Crippen LogP) is 1.45. The largest absolute Gasteiger partial charge is 0.480 e. The molecule has 0 unspecified atom stereocenters. The molecule has 0 bridgehead atoms. The number of aliphatic carboxylic acids is 1. The van der Waals surface area contributed by atoms with Crippen LogP contribution in [0.3, 0.4) is 0 Å². The first-order valence-corrected chi connectivity index (χ1v) is 7.21. The zero-order valence-corrected chi connectivity index (χ0v) is 12.3. The minimum atomic E-state index is -0.983. The van der Waals surface area contributed by atoms with Crippen molar-refractivity contribution in [1.82, 2.24) is 10.2 Å². The number of urea groups is 1. The third kappa shape index (κ3) is 3.62. The molecular formula is C14H24N2O4. The van der Waals surface area contributed by atoms with E-state index >= 15 is 0 Å². The third-order valence-electron chi connectivity index (χ3n) is 4.36. The van der Waals surface area contributed by atoms with Crippen LogP contribution in [-0.2, 0) is 9.53 Å². The summed E-state index contributed by atoms with van der Waals surface area (Å²) in [7, 11) is 0. The fraction of sp³-hybridized carbons (Fsp3) is 0.857. The zero-order chi connectivity index (χ0) is 14.8. The van der Waals surface area contributed by atoms with Gasteiger partial charge in [0.1, 0.15) is 12.2 Å². The van der Waals surface area contributed by atoms with Gasteiger partial charge in [0.15, 0.2) is 0 Å². The summed E-state index contributed by atoms with van der Waals surface area (Å²) in [5.74, 6) is -0.983. The van der Waals surface area contributed by atoms with E-state index in [9.17, 15) is 9.59 Å². The molecule has 2 fully saturated rings. The van der Waals surface area contributed by atoms with Gasteiger partial charge >= 0.3 is 12.0 Å². The van der Waals surface area contributed by atoms with E-state index in [0.29, 0.717) is 13.1 Å².